The van der Waals surface area contributed by atoms with Gasteiger partial charge in [-0.3, -0.25) is 4.90 Å². The average Bonchev–Trinajstić information content (AvgIpc) is 3.02. The van der Waals surface area contributed by atoms with Gasteiger partial charge >= 0.3 is 0 Å². The Morgan fingerprint density at radius 3 is 2.86 bits per heavy atom. The second kappa shape index (κ2) is 5.87. The van der Waals surface area contributed by atoms with E-state index in [2.05, 4.69) is 4.90 Å². The van der Waals surface area contributed by atoms with Gasteiger partial charge < -0.3 is 4.74 Å². The third-order valence-corrected chi connectivity index (χ3v) is 8.13. The molecule has 2 atom stereocenters. The fourth-order valence-corrected chi connectivity index (χ4v) is 6.01. The molecule has 4 rings (SSSR count). The first-order chi connectivity index (χ1) is 10.6. The molecule has 3 heterocycles. The summed E-state index contributed by atoms with van der Waals surface area (Å²) >= 11 is 1.30. The zero-order chi connectivity index (χ0) is 15.2. The van der Waals surface area contributed by atoms with E-state index in [1.165, 1.54) is 24.2 Å². The standard InChI is InChI=1S/C15H22N2O3S2/c18-22(19,15-2-1-7-21-15)17-6-5-16-10-14(8-13(16)9-17)20-11-12-3-4-12/h1-2,7,12-14H,3-6,8-11H2/t13-,14+/m0/s1. The third kappa shape index (κ3) is 2.97. The zero-order valence-corrected chi connectivity index (χ0v) is 14.2. The Morgan fingerprint density at radius 2 is 2.14 bits per heavy atom. The first-order valence-corrected chi connectivity index (χ1v) is 10.3. The number of hydrogen-bond acceptors (Lipinski definition) is 5. The largest absolute Gasteiger partial charge is 0.377 e. The fourth-order valence-electron chi connectivity index (χ4n) is 3.40. The number of piperazine rings is 1. The summed E-state index contributed by atoms with van der Waals surface area (Å²) in [5.74, 6) is 0.785. The van der Waals surface area contributed by atoms with Crippen LogP contribution in [0.15, 0.2) is 21.7 Å². The highest BCUT2D eigenvalue weighted by Crippen LogP contribution is 2.32. The molecule has 0 unspecified atom stereocenters. The molecule has 3 aliphatic rings. The van der Waals surface area contributed by atoms with Crippen LogP contribution in [-0.2, 0) is 14.8 Å². The second-order valence-electron chi connectivity index (χ2n) is 6.58. The summed E-state index contributed by atoms with van der Waals surface area (Å²) in [7, 11) is -3.31. The zero-order valence-electron chi connectivity index (χ0n) is 12.6. The van der Waals surface area contributed by atoms with Gasteiger partial charge in [0.15, 0.2) is 0 Å². The maximum atomic E-state index is 12.6. The first-order valence-electron chi connectivity index (χ1n) is 8.02. The molecule has 122 valence electrons. The maximum absolute atomic E-state index is 12.6. The predicted octanol–water partition coefficient (Wildman–Crippen LogP) is 1.62. The van der Waals surface area contributed by atoms with E-state index in [0.717, 1.165) is 32.0 Å². The molecule has 2 aliphatic heterocycles. The molecule has 1 saturated carbocycles. The van der Waals surface area contributed by atoms with E-state index >= 15 is 0 Å². The molecule has 1 aromatic rings. The highest BCUT2D eigenvalue weighted by Gasteiger charge is 2.40. The Bertz CT molecular complexity index is 613. The van der Waals surface area contributed by atoms with E-state index in [0.29, 0.717) is 23.3 Å². The second-order valence-corrected chi connectivity index (χ2v) is 9.69. The first kappa shape index (κ1) is 15.1. The monoisotopic (exact) mass is 342 g/mol. The molecule has 7 heteroatoms. The molecule has 0 spiro atoms. The maximum Gasteiger partial charge on any atom is 0.252 e. The van der Waals surface area contributed by atoms with Crippen molar-refractivity contribution in [1.82, 2.24) is 9.21 Å². The molecular weight excluding hydrogens is 320 g/mol. The summed E-state index contributed by atoms with van der Waals surface area (Å²) in [4.78, 5) is 2.40. The lowest BCUT2D eigenvalue weighted by Gasteiger charge is -2.36. The quantitative estimate of drug-likeness (QED) is 0.816. The van der Waals surface area contributed by atoms with Crippen LogP contribution in [0.5, 0.6) is 0 Å². The lowest BCUT2D eigenvalue weighted by molar-refractivity contribution is 0.0517. The molecule has 0 aromatic carbocycles. The molecule has 0 bridgehead atoms. The molecule has 22 heavy (non-hydrogen) atoms. The number of sulfonamides is 1. The fraction of sp³-hybridized carbons (Fsp3) is 0.733. The van der Waals surface area contributed by atoms with Gasteiger partial charge in [0.2, 0.25) is 0 Å². The van der Waals surface area contributed by atoms with Crippen molar-refractivity contribution in [3.8, 4) is 0 Å². The van der Waals surface area contributed by atoms with Gasteiger partial charge in [0.1, 0.15) is 4.21 Å². The van der Waals surface area contributed by atoms with Gasteiger partial charge in [-0.2, -0.15) is 4.31 Å². The molecule has 3 fully saturated rings. The summed E-state index contributed by atoms with van der Waals surface area (Å²) in [6.07, 6.45) is 3.87. The van der Waals surface area contributed by atoms with Crippen molar-refractivity contribution in [2.24, 2.45) is 5.92 Å². The van der Waals surface area contributed by atoms with Crippen molar-refractivity contribution in [3.05, 3.63) is 17.5 Å². The van der Waals surface area contributed by atoms with Crippen LogP contribution in [0.3, 0.4) is 0 Å². The molecule has 0 N–H and O–H groups in total. The van der Waals surface area contributed by atoms with Crippen LogP contribution in [0.2, 0.25) is 0 Å². The van der Waals surface area contributed by atoms with Crippen LogP contribution >= 0.6 is 11.3 Å². The van der Waals surface area contributed by atoms with E-state index in [-0.39, 0.29) is 6.10 Å². The van der Waals surface area contributed by atoms with E-state index in [9.17, 15) is 8.42 Å². The highest BCUT2D eigenvalue weighted by atomic mass is 32.2. The van der Waals surface area contributed by atoms with Crippen LogP contribution in [0, 0.1) is 5.92 Å². The van der Waals surface area contributed by atoms with Gasteiger partial charge in [-0.25, -0.2) is 8.42 Å². The highest BCUT2D eigenvalue weighted by molar-refractivity contribution is 7.91. The molecule has 1 aliphatic carbocycles. The lowest BCUT2D eigenvalue weighted by Crippen LogP contribution is -2.51. The normalized spacial score (nSPS) is 30.5. The minimum absolute atomic E-state index is 0.287. The molecule has 5 nitrogen and oxygen atoms in total. The van der Waals surface area contributed by atoms with Gasteiger partial charge in [-0.1, -0.05) is 6.07 Å². The Balaban J connectivity index is 1.39. The smallest absolute Gasteiger partial charge is 0.252 e. The minimum Gasteiger partial charge on any atom is -0.377 e. The van der Waals surface area contributed by atoms with Crippen molar-refractivity contribution in [3.63, 3.8) is 0 Å². The Hall–Kier alpha value is -0.470. The molecule has 0 radical (unpaired) electrons. The molecule has 1 aromatic heterocycles. The van der Waals surface area contributed by atoms with Crippen molar-refractivity contribution in [1.29, 1.82) is 0 Å². The lowest BCUT2D eigenvalue weighted by atomic mass is 10.2. The summed E-state index contributed by atoms with van der Waals surface area (Å²) in [6, 6.07) is 3.81. The van der Waals surface area contributed by atoms with Gasteiger partial charge in [0, 0.05) is 38.8 Å². The van der Waals surface area contributed by atoms with Gasteiger partial charge in [0.25, 0.3) is 10.0 Å². The number of fused-ring (bicyclic) bond motifs is 1. The predicted molar refractivity (Wildman–Crippen MR) is 85.5 cm³/mol. The van der Waals surface area contributed by atoms with Gasteiger partial charge in [-0.05, 0) is 36.6 Å². The number of rotatable bonds is 5. The molecule has 0 amide bonds. The Kier molecular flexibility index (Phi) is 4.02. The van der Waals surface area contributed by atoms with Crippen molar-refractivity contribution < 1.29 is 13.2 Å². The van der Waals surface area contributed by atoms with Crippen LogP contribution in [0.1, 0.15) is 19.3 Å². The van der Waals surface area contributed by atoms with Gasteiger partial charge in [0.05, 0.1) is 6.10 Å². The van der Waals surface area contributed by atoms with Crippen LogP contribution < -0.4 is 0 Å². The van der Waals surface area contributed by atoms with E-state index in [1.54, 1.807) is 16.4 Å². The Labute approximate surface area is 135 Å². The summed E-state index contributed by atoms with van der Waals surface area (Å²) < 4.78 is 33.4. The van der Waals surface area contributed by atoms with E-state index in [1.807, 2.05) is 5.38 Å². The molecule has 2 saturated heterocycles. The minimum atomic E-state index is -3.31. The van der Waals surface area contributed by atoms with Gasteiger partial charge in [-0.15, -0.1) is 11.3 Å². The van der Waals surface area contributed by atoms with Crippen LogP contribution in [0.25, 0.3) is 0 Å². The van der Waals surface area contributed by atoms with Crippen molar-refractivity contribution in [2.75, 3.05) is 32.8 Å². The Morgan fingerprint density at radius 1 is 1.27 bits per heavy atom. The molecular formula is C15H22N2O3S2. The van der Waals surface area contributed by atoms with Crippen molar-refractivity contribution in [2.45, 2.75) is 35.6 Å². The number of ether oxygens (including phenoxy) is 1. The van der Waals surface area contributed by atoms with E-state index in [4.69, 9.17) is 4.74 Å². The van der Waals surface area contributed by atoms with Crippen LogP contribution in [0.4, 0.5) is 0 Å². The van der Waals surface area contributed by atoms with E-state index < -0.39 is 10.0 Å². The number of thiophene rings is 1. The van der Waals surface area contributed by atoms with Crippen molar-refractivity contribution >= 4 is 21.4 Å². The summed E-state index contributed by atoms with van der Waals surface area (Å²) in [6.45, 7) is 3.86. The summed E-state index contributed by atoms with van der Waals surface area (Å²) in [5, 5.41) is 1.82. The number of nitrogens with zero attached hydrogens (tertiary/aromatic N) is 2. The average molecular weight is 342 g/mol. The SMILES string of the molecule is O=S(=O)(c1cccs1)N1CCN2C[C@H](OCC3CC3)C[C@H]2C1. The third-order valence-electron chi connectivity index (χ3n) is 4.89. The number of hydrogen-bond donors (Lipinski definition) is 0. The topological polar surface area (TPSA) is 49.9 Å². The van der Waals surface area contributed by atoms with Crippen LogP contribution in [-0.4, -0.2) is 62.6 Å². The summed E-state index contributed by atoms with van der Waals surface area (Å²) in [5.41, 5.74) is 0.